The number of nitrogens with one attached hydrogen (secondary N) is 1. The Morgan fingerprint density at radius 2 is 1.65 bits per heavy atom. The maximum Gasteiger partial charge on any atom is 0.312 e. The number of imidazole rings is 1. The minimum atomic E-state index is -2.07. The monoisotopic (exact) mass is 1030 g/mol. The Labute approximate surface area is 435 Å². The van der Waals surface area contributed by atoms with E-state index in [1.807, 2.05) is 12.5 Å². The lowest BCUT2D eigenvalue weighted by molar-refractivity contribution is -0.160. The molecule has 3 aliphatic rings. The van der Waals surface area contributed by atoms with E-state index in [0.717, 1.165) is 58.7 Å². The number of allylic oxidation sites excluding steroid dienone is 2. The zero-order valence-electron chi connectivity index (χ0n) is 44.2. The summed E-state index contributed by atoms with van der Waals surface area (Å²) in [5.41, 5.74) is -0.574. The molecule has 19 nitrogen and oxygen atoms in total. The van der Waals surface area contributed by atoms with Crippen LogP contribution in [0.25, 0.3) is 33.0 Å². The molecular weight excluding hydrogens is 965 g/mol. The van der Waals surface area contributed by atoms with Gasteiger partial charge in [-0.1, -0.05) is 52.0 Å². The van der Waals surface area contributed by atoms with E-state index in [0.29, 0.717) is 12.4 Å². The van der Waals surface area contributed by atoms with E-state index < -0.39 is 82.7 Å². The van der Waals surface area contributed by atoms with Crippen LogP contribution in [-0.4, -0.2) is 141 Å². The number of rotatable bonds is 11. The zero-order valence-corrected chi connectivity index (χ0v) is 44.2. The largest absolute Gasteiger partial charge is 0.505 e. The maximum atomic E-state index is 15.0. The van der Waals surface area contributed by atoms with E-state index in [1.165, 1.54) is 46.3 Å². The number of fused-ring (bicyclic) bond motifs is 2. The van der Waals surface area contributed by atoms with Crippen molar-refractivity contribution in [2.75, 3.05) is 58.3 Å². The number of aliphatic hydroxyl groups is 2. The lowest BCUT2D eigenvalue weighted by Gasteiger charge is -2.38. The maximum absolute atomic E-state index is 15.0. The molecule has 2 aromatic heterocycles. The second-order valence-corrected chi connectivity index (χ2v) is 20.4. The van der Waals surface area contributed by atoms with Crippen LogP contribution in [0.3, 0.4) is 0 Å². The number of aromatic nitrogens is 3. The number of para-hydroxylation sites is 1. The number of phenolic OH excluding ortho intramolecular Hbond substituents is 1. The number of ether oxygens (including phenoxy) is 5. The van der Waals surface area contributed by atoms with E-state index >= 15 is 0 Å². The fourth-order valence-corrected chi connectivity index (χ4v) is 10.5. The summed E-state index contributed by atoms with van der Waals surface area (Å²) in [7, 11) is 1.45. The summed E-state index contributed by atoms with van der Waals surface area (Å²) in [6.07, 6.45) is 10.9. The third kappa shape index (κ3) is 11.3. The van der Waals surface area contributed by atoms with Gasteiger partial charge in [-0.15, -0.1) is 0 Å². The van der Waals surface area contributed by atoms with Gasteiger partial charge in [-0.2, -0.15) is 0 Å². The van der Waals surface area contributed by atoms with Crippen molar-refractivity contribution in [3.63, 3.8) is 0 Å². The number of esters is 1. The van der Waals surface area contributed by atoms with Gasteiger partial charge in [-0.05, 0) is 51.4 Å². The van der Waals surface area contributed by atoms with E-state index in [1.54, 1.807) is 71.2 Å². The molecule has 5 aromatic rings. The van der Waals surface area contributed by atoms with Crippen LogP contribution in [0.5, 0.6) is 17.2 Å². The normalized spacial score (nSPS) is 28.0. The number of methoxy groups -OCH3 is 1. The molecule has 3 aliphatic heterocycles. The molecule has 0 saturated carbocycles. The van der Waals surface area contributed by atoms with Crippen molar-refractivity contribution in [3.05, 3.63) is 94.4 Å². The molecule has 19 heteroatoms. The van der Waals surface area contributed by atoms with Gasteiger partial charge in [0.2, 0.25) is 0 Å². The van der Waals surface area contributed by atoms with Crippen LogP contribution in [0.1, 0.15) is 77.2 Å². The molecule has 8 rings (SSSR count). The first-order chi connectivity index (χ1) is 35.8. The number of aromatic hydroxyl groups is 1. The number of piperazine rings is 1. The number of carbonyl (C=O) groups excluding carboxylic acids is 3. The van der Waals surface area contributed by atoms with Gasteiger partial charge in [0.15, 0.2) is 22.3 Å². The van der Waals surface area contributed by atoms with Crippen LogP contribution in [0, 0.1) is 30.6 Å². The number of hydrogen-bond acceptors (Lipinski definition) is 17. The van der Waals surface area contributed by atoms with Crippen molar-refractivity contribution in [2.24, 2.45) is 23.7 Å². The van der Waals surface area contributed by atoms with Crippen molar-refractivity contribution in [1.82, 2.24) is 24.3 Å². The van der Waals surface area contributed by atoms with Crippen LogP contribution in [0.15, 0.2) is 82.3 Å². The quantitative estimate of drug-likeness (QED) is 0.0355. The van der Waals surface area contributed by atoms with Crippen LogP contribution < -0.4 is 20.2 Å². The molecule has 0 aliphatic carbocycles. The van der Waals surface area contributed by atoms with Gasteiger partial charge < -0.3 is 58.2 Å². The number of phenols is 1. The van der Waals surface area contributed by atoms with Crippen molar-refractivity contribution >= 4 is 56.3 Å². The van der Waals surface area contributed by atoms with Crippen molar-refractivity contribution < 1.29 is 57.8 Å². The molecule has 0 radical (unpaired) electrons. The van der Waals surface area contributed by atoms with E-state index in [-0.39, 0.29) is 61.1 Å². The van der Waals surface area contributed by atoms with E-state index in [2.05, 4.69) is 24.7 Å². The van der Waals surface area contributed by atoms with Crippen molar-refractivity contribution in [1.29, 1.82) is 0 Å². The second kappa shape index (κ2) is 23.1. The van der Waals surface area contributed by atoms with E-state index in [9.17, 15) is 34.5 Å². The van der Waals surface area contributed by atoms with Crippen LogP contribution >= 0.6 is 0 Å². The van der Waals surface area contributed by atoms with Gasteiger partial charge in [-0.3, -0.25) is 24.1 Å². The molecule has 3 aromatic carbocycles. The summed E-state index contributed by atoms with van der Waals surface area (Å²) in [4.78, 5) is 70.2. The summed E-state index contributed by atoms with van der Waals surface area (Å²) in [5, 5.41) is 37.7. The molecule has 402 valence electrons. The van der Waals surface area contributed by atoms with Crippen LogP contribution in [0.4, 0.5) is 5.69 Å². The molecule has 0 spiro atoms. The van der Waals surface area contributed by atoms with Gasteiger partial charge in [0.05, 0.1) is 48.5 Å². The number of hydrogen-bond donors (Lipinski definition) is 4. The fraction of sp³-hybridized carbons (Fsp3) is 0.500. The molecule has 4 N–H and O–H groups in total. The highest BCUT2D eigenvalue weighted by atomic mass is 16.7. The number of amides is 1. The number of ketones is 1. The van der Waals surface area contributed by atoms with Crippen molar-refractivity contribution in [3.8, 4) is 17.2 Å². The summed E-state index contributed by atoms with van der Waals surface area (Å²) < 4.78 is 39.1. The Bertz CT molecular complexity index is 3070. The molecule has 75 heavy (non-hydrogen) atoms. The van der Waals surface area contributed by atoms with E-state index in [4.69, 9.17) is 33.1 Å². The molecular formula is C56H70N6O13. The van der Waals surface area contributed by atoms with Gasteiger partial charge in [0.25, 0.3) is 11.7 Å². The highest BCUT2D eigenvalue weighted by Crippen LogP contribution is 2.49. The Balaban J connectivity index is 1.16. The summed E-state index contributed by atoms with van der Waals surface area (Å²) in [6, 6.07) is 5.15. The summed E-state index contributed by atoms with van der Waals surface area (Å²) in [5.74, 6) is -6.94. The molecule has 5 heterocycles. The first-order valence-corrected chi connectivity index (χ1v) is 25.8. The van der Waals surface area contributed by atoms with Crippen molar-refractivity contribution in [2.45, 2.75) is 105 Å². The predicted octanol–water partition coefficient (Wildman–Crippen LogP) is 6.67. The Morgan fingerprint density at radius 1 is 0.920 bits per heavy atom. The molecule has 4 bridgehead atoms. The fourth-order valence-electron chi connectivity index (χ4n) is 10.5. The number of benzene rings is 3. The molecule has 1 amide bonds. The number of unbranched alkanes of at least 4 members (excludes halogenated alkanes) is 1. The smallest absolute Gasteiger partial charge is 0.312 e. The summed E-state index contributed by atoms with van der Waals surface area (Å²) in [6.45, 7) is 19.8. The number of anilines is 1. The Hall–Kier alpha value is -6.64. The number of carbonyl (C=O) groups is 3. The number of nitrogens with zero attached hydrogens (tertiary/aromatic N) is 5. The molecule has 1 fully saturated rings. The standard InChI is InChI=1S/C56H70N6O13/c1-31-14-12-15-32(2)55(69)59-46-50(67)42-41(45-53(46)74-40-17-13-16-39(44(40)58-45)71-28-11-10-20-60-22-24-61(25-23-60)26-27-62-21-19-57-30-62)43-52(36(6)49(42)66)75-56(8,54(43)68)72-29-18-38(70-9)33(3)51(73-37(7)63)35(5)48(65)34(4)47(31)64/h12-19,21,29-31,33-35,38,47-48,51,64-65,67H,10-11,20,22-28H2,1-9H3,(H,59,69)/b14-12+,29-18+,32-15+/t31-,33+,34+,35+,38-,47-,48+,51+,56-/m0/s1. The predicted molar refractivity (Wildman–Crippen MR) is 282 cm³/mol. The minimum absolute atomic E-state index is 0.0132. The molecule has 1 saturated heterocycles. The topological polar surface area (TPSA) is 237 Å². The average molecular weight is 1040 g/mol. The second-order valence-electron chi connectivity index (χ2n) is 20.4. The first kappa shape index (κ1) is 54.6. The van der Waals surface area contributed by atoms with Crippen LogP contribution in [0.2, 0.25) is 0 Å². The minimum Gasteiger partial charge on any atom is -0.505 e. The van der Waals surface area contributed by atoms with Gasteiger partial charge in [0, 0.05) is 113 Å². The van der Waals surface area contributed by atoms with Crippen LogP contribution in [-0.2, 0) is 30.3 Å². The Kier molecular flexibility index (Phi) is 16.8. The zero-order chi connectivity index (χ0) is 53.9. The van der Waals surface area contributed by atoms with Gasteiger partial charge >= 0.3 is 11.8 Å². The Morgan fingerprint density at radius 3 is 2.35 bits per heavy atom. The highest BCUT2D eigenvalue weighted by molar-refractivity contribution is 6.26. The van der Waals surface area contributed by atoms with Gasteiger partial charge in [-0.25, -0.2) is 9.97 Å². The highest BCUT2D eigenvalue weighted by Gasteiger charge is 2.50. The number of aliphatic hydroxyl groups excluding tert-OH is 2. The molecule has 0 unspecified atom stereocenters. The average Bonchev–Trinajstić information content (AvgIpc) is 4.06. The SMILES string of the molecule is CO[C@H]1/C=C/O[C@@]2(C)Oc3c(C)c(=O)c4c(O)c(c5oc6cccc(OCCCCN7CCN(CCn8ccnc8)CC7)c6nc5c4c3C2=O)NC(=O)/C(C)=C/C=C/[C@H](C)[C@H](O)[C@@H](C)[C@@H](O)[C@@H](C)[C@H](OC(C)=O)[C@@H]1C. The first-order valence-electron chi connectivity index (χ1n) is 25.8. The lowest BCUT2D eigenvalue weighted by Crippen LogP contribution is -2.47. The third-order valence-corrected chi connectivity index (χ3v) is 15.1. The molecule has 9 atom stereocenters. The third-order valence-electron chi connectivity index (χ3n) is 15.1. The number of Topliss-reactive ketones (excluding diaryl/α,β-unsaturated/α-hetero) is 1. The summed E-state index contributed by atoms with van der Waals surface area (Å²) >= 11 is 0. The van der Waals surface area contributed by atoms with Gasteiger partial charge in [0.1, 0.15) is 34.3 Å². The lowest BCUT2D eigenvalue weighted by atomic mass is 9.78.